The van der Waals surface area contributed by atoms with E-state index in [1.807, 2.05) is 0 Å². The van der Waals surface area contributed by atoms with Gasteiger partial charge in [0.2, 0.25) is 10.0 Å². The molecule has 1 aromatic carbocycles. The molecule has 0 radical (unpaired) electrons. The largest absolute Gasteiger partial charge is 0.284 e. The van der Waals surface area contributed by atoms with Crippen molar-refractivity contribution in [1.82, 2.24) is 4.89 Å². The molecule has 0 atom stereocenters. The Morgan fingerprint density at radius 3 is 2.60 bits per heavy atom. The Labute approximate surface area is 117 Å². The molecule has 7 nitrogen and oxygen atoms in total. The summed E-state index contributed by atoms with van der Waals surface area (Å²) in [5, 5.41) is 10.8. The summed E-state index contributed by atoms with van der Waals surface area (Å²) >= 11 is 0. The highest BCUT2D eigenvalue weighted by Gasteiger charge is 2.22. The average Bonchev–Trinajstić information content (AvgIpc) is 2.89. The van der Waals surface area contributed by atoms with E-state index < -0.39 is 20.7 Å². The van der Waals surface area contributed by atoms with Gasteiger partial charge in [-0.2, -0.15) is 0 Å². The lowest BCUT2D eigenvalue weighted by Gasteiger charge is -2.12. The first kappa shape index (κ1) is 14.9. The smallest absolute Gasteiger partial charge is 0.273 e. The molecule has 1 N–H and O–H groups in total. The van der Waals surface area contributed by atoms with E-state index >= 15 is 0 Å². The molecule has 1 aliphatic carbocycles. The van der Waals surface area contributed by atoms with Crippen LogP contribution in [0.15, 0.2) is 24.3 Å². The molecule has 0 heterocycles. The van der Waals surface area contributed by atoms with Crippen LogP contribution < -0.4 is 4.89 Å². The van der Waals surface area contributed by atoms with Crippen LogP contribution in [-0.2, 0) is 20.6 Å². The van der Waals surface area contributed by atoms with Crippen LogP contribution in [0.1, 0.15) is 31.2 Å². The summed E-state index contributed by atoms with van der Waals surface area (Å²) in [6.45, 7) is 0. The fourth-order valence-electron chi connectivity index (χ4n) is 2.19. The van der Waals surface area contributed by atoms with E-state index in [2.05, 4.69) is 4.89 Å². The first-order valence-electron chi connectivity index (χ1n) is 6.35. The topological polar surface area (TPSA) is 98.5 Å². The van der Waals surface area contributed by atoms with Gasteiger partial charge in [-0.05, 0) is 12.8 Å². The van der Waals surface area contributed by atoms with Crippen molar-refractivity contribution in [2.75, 3.05) is 0 Å². The van der Waals surface area contributed by atoms with Gasteiger partial charge >= 0.3 is 0 Å². The maximum Gasteiger partial charge on any atom is 0.273 e. The second kappa shape index (κ2) is 6.29. The highest BCUT2D eigenvalue weighted by molar-refractivity contribution is 7.88. The average molecular weight is 300 g/mol. The highest BCUT2D eigenvalue weighted by Crippen LogP contribution is 2.22. The number of hydrogen-bond acceptors (Lipinski definition) is 5. The summed E-state index contributed by atoms with van der Waals surface area (Å²) in [6.07, 6.45) is 3.60. The van der Waals surface area contributed by atoms with E-state index in [-0.39, 0.29) is 17.4 Å². The summed E-state index contributed by atoms with van der Waals surface area (Å²) in [4.78, 5) is 17.4. The lowest BCUT2D eigenvalue weighted by atomic mass is 10.2. The SMILES string of the molecule is O=[N+]([O-])c1ccccc1CS(=O)(=O)NOC1CCCC1. The van der Waals surface area contributed by atoms with Gasteiger partial charge in [0.05, 0.1) is 16.8 Å². The third kappa shape index (κ3) is 3.99. The van der Waals surface area contributed by atoms with E-state index in [9.17, 15) is 18.5 Å². The van der Waals surface area contributed by atoms with Crippen LogP contribution in [0.5, 0.6) is 0 Å². The van der Waals surface area contributed by atoms with Crippen molar-refractivity contribution in [1.29, 1.82) is 0 Å². The van der Waals surface area contributed by atoms with Crippen molar-refractivity contribution in [2.24, 2.45) is 0 Å². The molecule has 1 aromatic rings. The molecule has 0 aliphatic heterocycles. The van der Waals surface area contributed by atoms with E-state index in [4.69, 9.17) is 4.84 Å². The molecule has 2 rings (SSSR count). The molecule has 0 spiro atoms. The van der Waals surface area contributed by atoms with Crippen molar-refractivity contribution in [3.63, 3.8) is 0 Å². The second-order valence-electron chi connectivity index (χ2n) is 4.75. The number of nitro groups is 1. The minimum absolute atomic E-state index is 0.101. The number of sulfonamides is 1. The summed E-state index contributed by atoms with van der Waals surface area (Å²) in [5.74, 6) is -0.475. The quantitative estimate of drug-likeness (QED) is 0.639. The second-order valence-corrected chi connectivity index (χ2v) is 6.44. The van der Waals surface area contributed by atoms with Crippen LogP contribution in [0.2, 0.25) is 0 Å². The highest BCUT2D eigenvalue weighted by atomic mass is 32.2. The van der Waals surface area contributed by atoms with Crippen molar-refractivity contribution in [3.05, 3.63) is 39.9 Å². The van der Waals surface area contributed by atoms with Gasteiger partial charge in [0, 0.05) is 11.6 Å². The summed E-state index contributed by atoms with van der Waals surface area (Å²) in [7, 11) is -3.75. The minimum atomic E-state index is -3.75. The van der Waals surface area contributed by atoms with Crippen LogP contribution in [0, 0.1) is 10.1 Å². The van der Waals surface area contributed by atoms with E-state index in [1.54, 1.807) is 6.07 Å². The molecule has 1 aliphatic rings. The van der Waals surface area contributed by atoms with Crippen molar-refractivity contribution >= 4 is 15.7 Å². The number of para-hydroxylation sites is 1. The first-order chi connectivity index (χ1) is 9.48. The van der Waals surface area contributed by atoms with Crippen LogP contribution in [-0.4, -0.2) is 19.4 Å². The molecule has 0 bridgehead atoms. The Kier molecular flexibility index (Phi) is 4.69. The minimum Gasteiger partial charge on any atom is -0.284 e. The number of nitrogens with one attached hydrogen (secondary N) is 1. The molecule has 110 valence electrons. The Morgan fingerprint density at radius 2 is 1.95 bits per heavy atom. The summed E-state index contributed by atoms with van der Waals surface area (Å²) in [5.41, 5.74) is -0.0706. The Balaban J connectivity index is 2.02. The van der Waals surface area contributed by atoms with Crippen LogP contribution in [0.25, 0.3) is 0 Å². The van der Waals surface area contributed by atoms with Gasteiger partial charge in [-0.1, -0.05) is 35.9 Å². The first-order valence-corrected chi connectivity index (χ1v) is 8.00. The molecule has 1 saturated carbocycles. The van der Waals surface area contributed by atoms with Gasteiger partial charge < -0.3 is 0 Å². The summed E-state index contributed by atoms with van der Waals surface area (Å²) < 4.78 is 23.7. The third-order valence-corrected chi connectivity index (χ3v) is 4.22. The van der Waals surface area contributed by atoms with Gasteiger partial charge in [0.25, 0.3) is 5.69 Å². The van der Waals surface area contributed by atoms with Crippen molar-refractivity contribution in [2.45, 2.75) is 37.5 Å². The molecule has 1 fully saturated rings. The predicted molar refractivity (Wildman–Crippen MR) is 72.2 cm³/mol. The number of nitrogens with zero attached hydrogens (tertiary/aromatic N) is 1. The molecule has 0 amide bonds. The van der Waals surface area contributed by atoms with Crippen molar-refractivity contribution in [3.8, 4) is 0 Å². The molecule has 0 unspecified atom stereocenters. The lowest BCUT2D eigenvalue weighted by Crippen LogP contribution is -2.29. The van der Waals surface area contributed by atoms with Gasteiger partial charge in [-0.25, -0.2) is 8.42 Å². The van der Waals surface area contributed by atoms with E-state index in [1.165, 1.54) is 18.2 Å². The Morgan fingerprint density at radius 1 is 1.30 bits per heavy atom. The lowest BCUT2D eigenvalue weighted by molar-refractivity contribution is -0.385. The van der Waals surface area contributed by atoms with E-state index in [0.717, 1.165) is 25.7 Å². The molecule has 8 heteroatoms. The molecule has 20 heavy (non-hydrogen) atoms. The number of rotatable bonds is 6. The molecular weight excluding hydrogens is 284 g/mol. The Hall–Kier alpha value is -1.51. The van der Waals surface area contributed by atoms with Crippen molar-refractivity contribution < 1.29 is 18.2 Å². The zero-order chi connectivity index (χ0) is 14.6. The molecule has 0 saturated heterocycles. The zero-order valence-corrected chi connectivity index (χ0v) is 11.6. The monoisotopic (exact) mass is 300 g/mol. The number of hydrogen-bond donors (Lipinski definition) is 1. The number of benzene rings is 1. The number of nitro benzene ring substituents is 1. The maximum absolute atomic E-state index is 11.9. The standard InChI is InChI=1S/C12H16N2O5S/c15-14(16)12-8-4-1-5-10(12)9-20(17,18)13-19-11-6-2-3-7-11/h1,4-5,8,11,13H,2-3,6-7,9H2. The van der Waals surface area contributed by atoms with Crippen LogP contribution in [0.4, 0.5) is 5.69 Å². The van der Waals surface area contributed by atoms with Gasteiger partial charge in [-0.15, -0.1) is 0 Å². The predicted octanol–water partition coefficient (Wildman–Crippen LogP) is 1.89. The van der Waals surface area contributed by atoms with E-state index in [0.29, 0.717) is 0 Å². The van der Waals surface area contributed by atoms with Crippen LogP contribution in [0.3, 0.4) is 0 Å². The Bertz CT molecular complexity index is 581. The van der Waals surface area contributed by atoms with Gasteiger partial charge in [-0.3, -0.25) is 15.0 Å². The van der Waals surface area contributed by atoms with Crippen LogP contribution >= 0.6 is 0 Å². The van der Waals surface area contributed by atoms with Gasteiger partial charge in [0.1, 0.15) is 0 Å². The summed E-state index contributed by atoms with van der Waals surface area (Å²) in [6, 6.07) is 5.77. The maximum atomic E-state index is 11.9. The third-order valence-electron chi connectivity index (χ3n) is 3.18. The van der Waals surface area contributed by atoms with Gasteiger partial charge in [0.15, 0.2) is 0 Å². The zero-order valence-electron chi connectivity index (χ0n) is 10.8. The molecular formula is C12H16N2O5S. The normalized spacial score (nSPS) is 16.4. The fraction of sp³-hybridized carbons (Fsp3) is 0.500. The fourth-order valence-corrected chi connectivity index (χ4v) is 3.19. The molecule has 0 aromatic heterocycles.